The fraction of sp³-hybridized carbons (Fsp3) is 0.647. The third kappa shape index (κ3) is 3.84. The molecule has 0 aromatic heterocycles. The van der Waals surface area contributed by atoms with Gasteiger partial charge >= 0.3 is 0 Å². The number of nitrogens with one attached hydrogen (secondary N) is 1. The van der Waals surface area contributed by atoms with Crippen LogP contribution in [0.5, 0.6) is 0 Å². The van der Waals surface area contributed by atoms with Gasteiger partial charge in [0.2, 0.25) is 0 Å². The van der Waals surface area contributed by atoms with Crippen molar-refractivity contribution in [3.8, 4) is 0 Å². The summed E-state index contributed by atoms with van der Waals surface area (Å²) in [6, 6.07) is 8.47. The van der Waals surface area contributed by atoms with E-state index in [1.54, 1.807) is 0 Å². The van der Waals surface area contributed by atoms with Gasteiger partial charge in [-0.3, -0.25) is 4.90 Å². The highest BCUT2D eigenvalue weighted by Crippen LogP contribution is 2.32. The molecule has 0 amide bonds. The summed E-state index contributed by atoms with van der Waals surface area (Å²) in [4.78, 5) is 2.55. The van der Waals surface area contributed by atoms with Crippen molar-refractivity contribution in [1.29, 1.82) is 0 Å². The Bertz CT molecular complexity index is 435. The Balaban J connectivity index is 1.88. The zero-order valence-corrected chi connectivity index (χ0v) is 14.7. The Hall–Kier alpha value is -0.380. The summed E-state index contributed by atoms with van der Waals surface area (Å²) in [5.41, 5.74) is 3.00. The Kier molecular flexibility index (Phi) is 5.65. The van der Waals surface area contributed by atoms with E-state index in [9.17, 15) is 0 Å². The highest BCUT2D eigenvalue weighted by molar-refractivity contribution is 9.10. The first-order chi connectivity index (χ1) is 9.49. The number of halogens is 1. The molecule has 1 aromatic rings. The molecule has 1 atom stereocenters. The summed E-state index contributed by atoms with van der Waals surface area (Å²) in [7, 11) is 0. The van der Waals surface area contributed by atoms with Crippen LogP contribution in [-0.4, -0.2) is 30.1 Å². The molecule has 1 N–H and O–H groups in total. The van der Waals surface area contributed by atoms with Gasteiger partial charge in [-0.2, -0.15) is 0 Å². The molecule has 0 aliphatic heterocycles. The number of nitrogens with zero attached hydrogens (tertiary/aromatic N) is 1. The average molecular weight is 339 g/mol. The van der Waals surface area contributed by atoms with Crippen LogP contribution in [0, 0.1) is 0 Å². The second-order valence-electron chi connectivity index (χ2n) is 6.31. The van der Waals surface area contributed by atoms with Crippen molar-refractivity contribution in [2.75, 3.05) is 13.1 Å². The highest BCUT2D eigenvalue weighted by atomic mass is 79.9. The summed E-state index contributed by atoms with van der Waals surface area (Å²) < 4.78 is 1.20. The minimum absolute atomic E-state index is 0.541. The van der Waals surface area contributed by atoms with Crippen LogP contribution in [0.2, 0.25) is 0 Å². The third-order valence-electron chi connectivity index (χ3n) is 4.27. The summed E-state index contributed by atoms with van der Waals surface area (Å²) in [6.45, 7) is 11.3. The lowest BCUT2D eigenvalue weighted by molar-refractivity contribution is 0.174. The molecule has 0 spiro atoms. The fourth-order valence-electron chi connectivity index (χ4n) is 3.28. The van der Waals surface area contributed by atoms with Crippen molar-refractivity contribution in [3.05, 3.63) is 33.8 Å². The van der Waals surface area contributed by atoms with Crippen LogP contribution >= 0.6 is 15.9 Å². The molecule has 1 aliphatic carbocycles. The number of benzene rings is 1. The molecule has 0 heterocycles. The van der Waals surface area contributed by atoms with E-state index in [2.05, 4.69) is 72.0 Å². The van der Waals surface area contributed by atoms with E-state index < -0.39 is 0 Å². The maximum Gasteiger partial charge on any atom is 0.0326 e. The highest BCUT2D eigenvalue weighted by Gasteiger charge is 2.22. The van der Waals surface area contributed by atoms with Crippen LogP contribution in [0.4, 0.5) is 0 Å². The molecule has 0 saturated heterocycles. The van der Waals surface area contributed by atoms with Crippen molar-refractivity contribution in [2.45, 2.75) is 58.7 Å². The molecule has 1 aliphatic rings. The maximum absolute atomic E-state index is 3.74. The molecule has 0 saturated carbocycles. The van der Waals surface area contributed by atoms with Crippen LogP contribution in [0.25, 0.3) is 0 Å². The van der Waals surface area contributed by atoms with Crippen molar-refractivity contribution >= 4 is 15.9 Å². The predicted molar refractivity (Wildman–Crippen MR) is 90.2 cm³/mol. The minimum atomic E-state index is 0.541. The van der Waals surface area contributed by atoms with Crippen molar-refractivity contribution in [3.63, 3.8) is 0 Å². The fourth-order valence-corrected chi connectivity index (χ4v) is 3.69. The van der Waals surface area contributed by atoms with Gasteiger partial charge in [0.25, 0.3) is 0 Å². The molecule has 0 radical (unpaired) electrons. The van der Waals surface area contributed by atoms with E-state index in [0.29, 0.717) is 18.1 Å². The Morgan fingerprint density at radius 3 is 2.60 bits per heavy atom. The van der Waals surface area contributed by atoms with Gasteiger partial charge in [-0.1, -0.05) is 22.0 Å². The molecule has 2 rings (SSSR count). The zero-order chi connectivity index (χ0) is 14.7. The average Bonchev–Trinajstić information content (AvgIpc) is 2.76. The Morgan fingerprint density at radius 2 is 1.95 bits per heavy atom. The number of hydrogen-bond acceptors (Lipinski definition) is 2. The first-order valence-corrected chi connectivity index (χ1v) is 8.55. The van der Waals surface area contributed by atoms with Crippen molar-refractivity contribution in [1.82, 2.24) is 10.2 Å². The van der Waals surface area contributed by atoms with E-state index in [1.165, 1.54) is 28.4 Å². The number of hydrogen-bond donors (Lipinski definition) is 1. The number of fused-ring (bicyclic) bond motifs is 1. The Morgan fingerprint density at radius 1 is 1.25 bits per heavy atom. The third-order valence-corrected chi connectivity index (χ3v) is 4.76. The van der Waals surface area contributed by atoms with Crippen LogP contribution < -0.4 is 5.32 Å². The SMILES string of the molecule is CC(C)N(CCNC1CCc2cc(Br)ccc21)C(C)C. The molecule has 1 unspecified atom stereocenters. The van der Waals surface area contributed by atoms with Crippen molar-refractivity contribution in [2.24, 2.45) is 0 Å². The first kappa shape index (κ1) is 16.0. The van der Waals surface area contributed by atoms with Gasteiger partial charge in [-0.15, -0.1) is 0 Å². The molecular formula is C17H27BrN2. The minimum Gasteiger partial charge on any atom is -0.309 e. The van der Waals surface area contributed by atoms with Crippen LogP contribution in [0.3, 0.4) is 0 Å². The van der Waals surface area contributed by atoms with Gasteiger partial charge in [0.05, 0.1) is 0 Å². The maximum atomic E-state index is 3.74. The van der Waals surface area contributed by atoms with Gasteiger partial charge in [-0.05, 0) is 63.8 Å². The normalized spacial score (nSPS) is 18.3. The molecule has 3 heteroatoms. The lowest BCUT2D eigenvalue weighted by Crippen LogP contribution is -2.41. The summed E-state index contributed by atoms with van der Waals surface area (Å²) in [6.07, 6.45) is 2.43. The predicted octanol–water partition coefficient (Wildman–Crippen LogP) is 4.14. The number of rotatable bonds is 6. The molecule has 20 heavy (non-hydrogen) atoms. The molecule has 2 nitrogen and oxygen atoms in total. The topological polar surface area (TPSA) is 15.3 Å². The zero-order valence-electron chi connectivity index (χ0n) is 13.1. The summed E-state index contributed by atoms with van der Waals surface area (Å²) in [5, 5.41) is 3.74. The molecule has 0 fully saturated rings. The molecule has 1 aromatic carbocycles. The first-order valence-electron chi connectivity index (χ1n) is 7.76. The second-order valence-corrected chi connectivity index (χ2v) is 7.23. The lowest BCUT2D eigenvalue weighted by Gasteiger charge is -2.31. The van der Waals surface area contributed by atoms with E-state index >= 15 is 0 Å². The van der Waals surface area contributed by atoms with E-state index in [4.69, 9.17) is 0 Å². The summed E-state index contributed by atoms with van der Waals surface area (Å²) in [5.74, 6) is 0. The van der Waals surface area contributed by atoms with Gasteiger partial charge in [0, 0.05) is 35.7 Å². The second kappa shape index (κ2) is 7.06. The van der Waals surface area contributed by atoms with Crippen LogP contribution in [-0.2, 0) is 6.42 Å². The van der Waals surface area contributed by atoms with E-state index in [-0.39, 0.29) is 0 Å². The van der Waals surface area contributed by atoms with Gasteiger partial charge in [-0.25, -0.2) is 0 Å². The quantitative estimate of drug-likeness (QED) is 0.838. The van der Waals surface area contributed by atoms with Gasteiger partial charge in [0.15, 0.2) is 0 Å². The smallest absolute Gasteiger partial charge is 0.0326 e. The number of aryl methyl sites for hydroxylation is 1. The van der Waals surface area contributed by atoms with E-state index in [0.717, 1.165) is 13.1 Å². The lowest BCUT2D eigenvalue weighted by atomic mass is 10.1. The van der Waals surface area contributed by atoms with Gasteiger partial charge in [0.1, 0.15) is 0 Å². The van der Waals surface area contributed by atoms with Crippen LogP contribution in [0.15, 0.2) is 22.7 Å². The summed E-state index contributed by atoms with van der Waals surface area (Å²) >= 11 is 3.56. The monoisotopic (exact) mass is 338 g/mol. The Labute approximate surface area is 132 Å². The molecule has 112 valence electrons. The van der Waals surface area contributed by atoms with E-state index in [1.807, 2.05) is 0 Å². The largest absolute Gasteiger partial charge is 0.309 e. The molecule has 0 bridgehead atoms. The van der Waals surface area contributed by atoms with Gasteiger partial charge < -0.3 is 5.32 Å². The standard InChI is InChI=1S/C17H27BrN2/c1-12(2)20(13(3)4)10-9-19-17-8-5-14-11-15(18)6-7-16(14)17/h6-7,11-13,17,19H,5,8-10H2,1-4H3. The van der Waals surface area contributed by atoms with Crippen molar-refractivity contribution < 1.29 is 0 Å². The molecular weight excluding hydrogens is 312 g/mol. The van der Waals surface area contributed by atoms with Crippen LogP contribution in [0.1, 0.15) is 51.3 Å².